The third kappa shape index (κ3) is 356000. The Labute approximate surface area is 260 Å². The Kier molecular flexibility index (Phi) is 104. The van der Waals surface area contributed by atoms with Crippen LogP contribution in [0.5, 0.6) is 0 Å². The van der Waals surface area contributed by atoms with E-state index in [1.54, 1.807) is 0 Å². The molecule has 0 bridgehead atoms. The molecule has 0 aliphatic rings. The van der Waals surface area contributed by atoms with Crippen LogP contribution in [0.2, 0.25) is 0 Å². The van der Waals surface area contributed by atoms with Gasteiger partial charge in [-0.3, -0.25) is 0 Å². The maximum absolute atomic E-state index is 8.25. The van der Waals surface area contributed by atoms with Gasteiger partial charge in [-0.15, -0.1) is 0 Å². The molecule has 0 saturated carbocycles. The fraction of sp³-hybridized carbons (Fsp3) is 0. The predicted molar refractivity (Wildman–Crippen MR) is 62.2 cm³/mol. The second-order valence-corrected chi connectivity index (χ2v) is 1.34. The van der Waals surface area contributed by atoms with Gasteiger partial charge in [-0.25, -0.2) is 0 Å². The molecule has 24 nitrogen and oxygen atoms in total. The number of nitrogens with zero attached hydrogens (tertiary/aromatic N) is 6. The van der Waals surface area contributed by atoms with Crippen LogP contribution in [0.15, 0.2) is 0 Å². The van der Waals surface area contributed by atoms with Crippen LogP contribution in [0.3, 0.4) is 0 Å². The van der Waals surface area contributed by atoms with Gasteiger partial charge in [0.2, 0.25) is 0 Å². The largest absolute Gasteiger partial charge is 4.00 e. The molecule has 144 valence electrons. The van der Waals surface area contributed by atoms with E-state index < -0.39 is 30.5 Å². The van der Waals surface area contributed by atoms with E-state index in [4.69, 9.17) is 91.9 Å². The van der Waals surface area contributed by atoms with Crippen LogP contribution >= 0.6 is 0 Å². The Balaban J connectivity index is -0.0000000201. The first kappa shape index (κ1) is 56.3. The van der Waals surface area contributed by atoms with Crippen LogP contribution < -0.4 is 103 Å². The minimum Gasteiger partial charge on any atom is -0.356 e. The molecule has 27 heteroatoms. The molecular formula is K2N6O18Th. The second-order valence-electron chi connectivity index (χ2n) is 1.34. The van der Waals surface area contributed by atoms with Gasteiger partial charge in [-0.2, -0.15) is 0 Å². The molecule has 0 saturated heterocycles. The second kappa shape index (κ2) is 50.1. The molecule has 27 heavy (non-hydrogen) atoms. The monoisotopic (exact) mass is 682 g/mol. The molecule has 0 aromatic heterocycles. The molecule has 0 spiro atoms. The van der Waals surface area contributed by atoms with E-state index in [1.165, 1.54) is 0 Å². The van der Waals surface area contributed by atoms with Crippen molar-refractivity contribution in [1.82, 2.24) is 0 Å². The maximum atomic E-state index is 8.25. The van der Waals surface area contributed by atoms with E-state index in [9.17, 15) is 0 Å². The SMILES string of the molecule is O=[N+]([O-])[O-].O=[N+]([O-])[O-].O=[N+]([O-])[O-].O=[N+]([O-])[O-].O=[N+]([O-])[O-].O=[N+]([O-])[O-].[K+].[K+].[Th+4]. The quantitative estimate of drug-likeness (QED) is 0.130. The van der Waals surface area contributed by atoms with E-state index in [-0.39, 0.29) is 143 Å². The van der Waals surface area contributed by atoms with Crippen LogP contribution in [-0.4, -0.2) is 30.5 Å². The average Bonchev–Trinajstić information content (AvgIpc) is 2.08. The van der Waals surface area contributed by atoms with Gasteiger partial charge in [-0.1, -0.05) is 0 Å². The minimum atomic E-state index is -1.75. The number of hydrogen-bond acceptors (Lipinski definition) is 18. The summed E-state index contributed by atoms with van der Waals surface area (Å²) in [5.74, 6) is 0. The third-order valence-electron chi connectivity index (χ3n) is 0. The van der Waals surface area contributed by atoms with Crippen molar-refractivity contribution >= 4 is 0 Å². The van der Waals surface area contributed by atoms with Crippen molar-refractivity contribution in [3.8, 4) is 0 Å². The average molecular weight is 682 g/mol. The number of rotatable bonds is 0. The molecule has 0 unspecified atom stereocenters. The van der Waals surface area contributed by atoms with Gasteiger partial charge in [0.15, 0.2) is 0 Å². The molecule has 0 aromatic carbocycles. The molecule has 0 fully saturated rings. The minimum absolute atomic E-state index is 0. The summed E-state index contributed by atoms with van der Waals surface area (Å²) in [6, 6.07) is 0. The summed E-state index contributed by atoms with van der Waals surface area (Å²) in [6.07, 6.45) is 0. The maximum Gasteiger partial charge on any atom is 4.00 e. The fourth-order valence-electron chi connectivity index (χ4n) is 0. The summed E-state index contributed by atoms with van der Waals surface area (Å²) in [5, 5.41) is 88.5. The Hall–Kier alpha value is -0.203. The van der Waals surface area contributed by atoms with E-state index in [0.29, 0.717) is 0 Å². The van der Waals surface area contributed by atoms with Crippen LogP contribution in [0.25, 0.3) is 0 Å². The first-order valence-electron chi connectivity index (χ1n) is 3.29. The Morgan fingerprint density at radius 2 is 0.296 bits per heavy atom. The van der Waals surface area contributed by atoms with Gasteiger partial charge >= 0.3 is 143 Å². The van der Waals surface area contributed by atoms with Crippen LogP contribution in [-0.2, 0) is 0 Å². The van der Waals surface area contributed by atoms with Crippen molar-refractivity contribution in [1.29, 1.82) is 0 Å². The Morgan fingerprint density at radius 3 is 0.296 bits per heavy atom. The molecule has 0 radical (unpaired) electrons. The van der Waals surface area contributed by atoms with Gasteiger partial charge < -0.3 is 91.9 Å². The Morgan fingerprint density at radius 1 is 0.296 bits per heavy atom. The summed E-state index contributed by atoms with van der Waals surface area (Å²) in [4.78, 5) is 49.5. The molecule has 0 aliphatic heterocycles. The molecule has 0 amide bonds. The molecule has 0 N–H and O–H groups in total. The summed E-state index contributed by atoms with van der Waals surface area (Å²) in [6.45, 7) is 0. The van der Waals surface area contributed by atoms with Crippen molar-refractivity contribution in [2.45, 2.75) is 0 Å². The summed E-state index contributed by atoms with van der Waals surface area (Å²) in [7, 11) is 0. The zero-order valence-corrected chi connectivity index (χ0v) is 22.9. The van der Waals surface area contributed by atoms with Gasteiger partial charge in [0, 0.05) is 0 Å². The van der Waals surface area contributed by atoms with E-state index in [2.05, 4.69) is 0 Å². The van der Waals surface area contributed by atoms with Gasteiger partial charge in [-0.05, 0) is 0 Å². The smallest absolute Gasteiger partial charge is 0.356 e. The van der Waals surface area contributed by atoms with E-state index in [0.717, 1.165) is 0 Å². The van der Waals surface area contributed by atoms with Crippen molar-refractivity contribution in [2.75, 3.05) is 0 Å². The number of hydrogen-bond donors (Lipinski definition) is 0. The summed E-state index contributed by atoms with van der Waals surface area (Å²) >= 11 is 0. The first-order chi connectivity index (χ1) is 10.4. The molecule has 0 heterocycles. The van der Waals surface area contributed by atoms with Crippen molar-refractivity contribution < 1.29 is 173 Å². The van der Waals surface area contributed by atoms with Crippen LogP contribution in [0.4, 0.5) is 0 Å². The summed E-state index contributed by atoms with van der Waals surface area (Å²) in [5.41, 5.74) is 0. The first-order valence-corrected chi connectivity index (χ1v) is 3.29. The van der Waals surface area contributed by atoms with Gasteiger partial charge in [0.05, 0.1) is 30.5 Å². The van der Waals surface area contributed by atoms with Crippen LogP contribution in [0.1, 0.15) is 0 Å². The third-order valence-corrected chi connectivity index (χ3v) is 0. The standard InChI is InChI=1S/2K.6NO3.Th/c;;6*2-1(3)4;/q2*+1;6*-1;+4. The van der Waals surface area contributed by atoms with E-state index in [1.807, 2.05) is 0 Å². The summed E-state index contributed by atoms with van der Waals surface area (Å²) < 4.78 is 0. The molecule has 0 aromatic rings. The predicted octanol–water partition coefficient (Wildman–Crippen LogP) is -7.43. The van der Waals surface area contributed by atoms with Gasteiger partial charge in [0.25, 0.3) is 0 Å². The van der Waals surface area contributed by atoms with Crippen LogP contribution in [0, 0.1) is 132 Å². The molecule has 0 rings (SSSR count). The molecule has 0 atom stereocenters. The molecule has 0 aliphatic carbocycles. The molecular weight excluding hydrogens is 682 g/mol. The van der Waals surface area contributed by atoms with Crippen molar-refractivity contribution in [2.24, 2.45) is 0 Å². The van der Waals surface area contributed by atoms with Crippen molar-refractivity contribution in [3.05, 3.63) is 91.9 Å². The Bertz CT molecular complexity index is 267. The van der Waals surface area contributed by atoms with Crippen molar-refractivity contribution in [3.63, 3.8) is 0 Å². The van der Waals surface area contributed by atoms with E-state index >= 15 is 0 Å². The zero-order valence-electron chi connectivity index (χ0n) is 12.5. The zero-order chi connectivity index (χ0) is 21.5. The fourth-order valence-corrected chi connectivity index (χ4v) is 0. The van der Waals surface area contributed by atoms with Gasteiger partial charge in [0.1, 0.15) is 0 Å². The topological polar surface area (TPSA) is 397 Å². The normalized spacial score (nSPS) is 5.33.